The molecule has 1 rings (SSSR count). The number of hydrogen-bond acceptors (Lipinski definition) is 3. The van der Waals surface area contributed by atoms with Crippen LogP contribution in [0.4, 0.5) is 0 Å². The monoisotopic (exact) mass is 332 g/mol. The third kappa shape index (κ3) is 4.33. The summed E-state index contributed by atoms with van der Waals surface area (Å²) in [6.07, 6.45) is 0. The highest BCUT2D eigenvalue weighted by Gasteiger charge is 2.22. The fourth-order valence-electron chi connectivity index (χ4n) is 0.847. The van der Waals surface area contributed by atoms with E-state index in [-0.39, 0.29) is 12.4 Å². The first-order chi connectivity index (χ1) is 6.94. The van der Waals surface area contributed by atoms with Crippen molar-refractivity contribution in [1.82, 2.24) is 0 Å². The third-order valence-corrected chi connectivity index (χ3v) is 3.65. The van der Waals surface area contributed by atoms with E-state index in [0.717, 1.165) is 4.47 Å². The maximum absolute atomic E-state index is 11.5. The molecule has 15 heavy (non-hydrogen) atoms. The fourth-order valence-corrected chi connectivity index (χ4v) is 2.88. The molecule has 0 amide bonds. The molecule has 0 aliphatic heterocycles. The molecule has 0 aliphatic rings. The summed E-state index contributed by atoms with van der Waals surface area (Å²) in [6, 6.07) is 4.87. The lowest BCUT2D eigenvalue weighted by molar-refractivity contribution is 0.295. The summed E-state index contributed by atoms with van der Waals surface area (Å²) in [6.45, 7) is -1.71. The lowest BCUT2D eigenvalue weighted by Crippen LogP contribution is -1.92. The maximum atomic E-state index is 11.5. The molecule has 0 N–H and O–H groups in total. The van der Waals surface area contributed by atoms with Gasteiger partial charge in [0.1, 0.15) is 5.75 Å². The summed E-state index contributed by atoms with van der Waals surface area (Å²) < 4.78 is 22.0. The number of hydrogen-bond donors (Lipinski definition) is 0. The summed E-state index contributed by atoms with van der Waals surface area (Å²) in [4.78, 5) is 0. The van der Waals surface area contributed by atoms with E-state index in [1.807, 2.05) is 0 Å². The number of halogens is 3. The van der Waals surface area contributed by atoms with Gasteiger partial charge < -0.3 is 4.52 Å². The molecule has 1 atom stereocenters. The Hall–Kier alpha value is 0.270. The van der Waals surface area contributed by atoms with Gasteiger partial charge in [0, 0.05) is 15.7 Å². The van der Waals surface area contributed by atoms with Gasteiger partial charge in [-0.25, -0.2) is 4.57 Å². The van der Waals surface area contributed by atoms with Crippen LogP contribution in [0.3, 0.4) is 0 Å². The number of rotatable bonds is 4. The van der Waals surface area contributed by atoms with E-state index in [1.165, 1.54) is 0 Å². The van der Waals surface area contributed by atoms with Crippen LogP contribution in [0.1, 0.15) is 6.92 Å². The van der Waals surface area contributed by atoms with Gasteiger partial charge in [0.05, 0.1) is 11.6 Å². The normalized spacial score (nSPS) is 14.7. The lowest BCUT2D eigenvalue weighted by Gasteiger charge is -2.12. The third-order valence-electron chi connectivity index (χ3n) is 1.38. The van der Waals surface area contributed by atoms with E-state index in [2.05, 4.69) is 15.9 Å². The Balaban J connectivity index is 2.85. The lowest BCUT2D eigenvalue weighted by atomic mass is 10.3. The van der Waals surface area contributed by atoms with Gasteiger partial charge >= 0.3 is 6.95 Å². The molecule has 1 aromatic carbocycles. The molecule has 7 heteroatoms. The fraction of sp³-hybridized carbons (Fsp3) is 0.250. The van der Waals surface area contributed by atoms with Gasteiger partial charge in [0.25, 0.3) is 0 Å². The highest BCUT2D eigenvalue weighted by molar-refractivity contribution is 9.10. The van der Waals surface area contributed by atoms with E-state index < -0.39 is 6.95 Å². The van der Waals surface area contributed by atoms with Crippen LogP contribution in [0.5, 0.6) is 5.75 Å². The minimum Gasteiger partial charge on any atom is -0.412 e. The zero-order chi connectivity index (χ0) is 11.5. The van der Waals surface area contributed by atoms with E-state index in [0.29, 0.717) is 5.02 Å². The van der Waals surface area contributed by atoms with Crippen LogP contribution >= 0.6 is 45.7 Å². The second kappa shape index (κ2) is 5.55. The Bertz CT molecular complexity index is 399. The van der Waals surface area contributed by atoms with Gasteiger partial charge in [0.15, 0.2) is 0 Å². The summed E-state index contributed by atoms with van der Waals surface area (Å²) >= 11 is 14.6. The molecule has 0 saturated carbocycles. The molecule has 0 aliphatic carbocycles. The molecule has 1 aromatic rings. The topological polar surface area (TPSA) is 35.5 Å². The van der Waals surface area contributed by atoms with Gasteiger partial charge in [-0.15, -0.1) is 0 Å². The molecule has 0 bridgehead atoms. The molecule has 3 nitrogen and oxygen atoms in total. The Morgan fingerprint density at radius 1 is 1.53 bits per heavy atom. The Morgan fingerprint density at radius 3 is 2.73 bits per heavy atom. The predicted octanol–water partition coefficient (Wildman–Crippen LogP) is 4.86. The molecule has 84 valence electrons. The average Bonchev–Trinajstić information content (AvgIpc) is 2.09. The van der Waals surface area contributed by atoms with Crippen LogP contribution in [-0.4, -0.2) is 6.61 Å². The minimum absolute atomic E-state index is 0.203. The molecule has 0 heterocycles. The van der Waals surface area contributed by atoms with Crippen molar-refractivity contribution in [3.63, 3.8) is 0 Å². The largest absolute Gasteiger partial charge is 0.476 e. The molecule has 0 fully saturated rings. The maximum Gasteiger partial charge on any atom is 0.476 e. The SMILES string of the molecule is CCOP(=O)(Cl)Oc1ccc(Br)cc1Cl. The van der Waals surface area contributed by atoms with Crippen molar-refractivity contribution in [2.75, 3.05) is 6.61 Å². The van der Waals surface area contributed by atoms with Crippen LogP contribution in [-0.2, 0) is 9.09 Å². The van der Waals surface area contributed by atoms with Crippen molar-refractivity contribution in [2.24, 2.45) is 0 Å². The Kier molecular flexibility index (Phi) is 4.94. The summed E-state index contributed by atoms with van der Waals surface area (Å²) in [7, 11) is 0. The van der Waals surface area contributed by atoms with Crippen molar-refractivity contribution in [3.8, 4) is 5.75 Å². The van der Waals surface area contributed by atoms with Gasteiger partial charge in [-0.2, -0.15) is 0 Å². The second-order valence-corrected chi connectivity index (χ2v) is 6.38. The van der Waals surface area contributed by atoms with Gasteiger partial charge in [-0.05, 0) is 25.1 Å². The average molecular weight is 334 g/mol. The Labute approximate surface area is 106 Å². The van der Waals surface area contributed by atoms with Gasteiger partial charge in [0.2, 0.25) is 0 Å². The molecule has 1 unspecified atom stereocenters. The highest BCUT2D eigenvalue weighted by Crippen LogP contribution is 2.54. The summed E-state index contributed by atoms with van der Waals surface area (Å²) in [5, 5.41) is 0.310. The smallest absolute Gasteiger partial charge is 0.412 e. The van der Waals surface area contributed by atoms with Crippen molar-refractivity contribution in [3.05, 3.63) is 27.7 Å². The summed E-state index contributed by atoms with van der Waals surface area (Å²) in [5.41, 5.74) is 0. The second-order valence-electron chi connectivity index (χ2n) is 2.51. The van der Waals surface area contributed by atoms with Crippen LogP contribution in [0.25, 0.3) is 0 Å². The van der Waals surface area contributed by atoms with Gasteiger partial charge in [-0.1, -0.05) is 27.5 Å². The van der Waals surface area contributed by atoms with Crippen LogP contribution in [0, 0.1) is 0 Å². The number of benzene rings is 1. The van der Waals surface area contributed by atoms with Crippen LogP contribution < -0.4 is 4.52 Å². The predicted molar refractivity (Wildman–Crippen MR) is 64.9 cm³/mol. The molecular weight excluding hydrogens is 326 g/mol. The van der Waals surface area contributed by atoms with E-state index in [9.17, 15) is 4.57 Å². The zero-order valence-electron chi connectivity index (χ0n) is 7.75. The first-order valence-electron chi connectivity index (χ1n) is 4.03. The first-order valence-corrected chi connectivity index (χ1v) is 7.65. The zero-order valence-corrected chi connectivity index (χ0v) is 11.7. The molecule has 0 saturated heterocycles. The van der Waals surface area contributed by atoms with E-state index in [1.54, 1.807) is 25.1 Å². The molecule has 0 aromatic heterocycles. The van der Waals surface area contributed by atoms with Crippen molar-refractivity contribution in [1.29, 1.82) is 0 Å². The summed E-state index contributed by atoms with van der Waals surface area (Å²) in [5.74, 6) is 0.228. The van der Waals surface area contributed by atoms with Crippen molar-refractivity contribution < 1.29 is 13.6 Å². The molecule has 0 spiro atoms. The van der Waals surface area contributed by atoms with E-state index >= 15 is 0 Å². The standard InChI is InChI=1S/C8H8BrCl2O3P/c1-2-13-15(11,12)14-8-4-3-6(9)5-7(8)10/h3-5H,2H2,1H3. The molecular formula is C8H8BrCl2O3P. The minimum atomic E-state index is -3.58. The van der Waals surface area contributed by atoms with Crippen molar-refractivity contribution >= 4 is 45.7 Å². The quantitative estimate of drug-likeness (QED) is 0.738. The van der Waals surface area contributed by atoms with Crippen molar-refractivity contribution in [2.45, 2.75) is 6.92 Å². The first kappa shape index (κ1) is 13.3. The highest BCUT2D eigenvalue weighted by atomic mass is 79.9. The van der Waals surface area contributed by atoms with E-state index in [4.69, 9.17) is 31.9 Å². The Morgan fingerprint density at radius 2 is 2.20 bits per heavy atom. The van der Waals surface area contributed by atoms with Crippen LogP contribution in [0.15, 0.2) is 22.7 Å². The molecule has 0 radical (unpaired) electrons. The van der Waals surface area contributed by atoms with Crippen LogP contribution in [0.2, 0.25) is 5.02 Å². The van der Waals surface area contributed by atoms with Gasteiger partial charge in [-0.3, -0.25) is 4.52 Å².